The summed E-state index contributed by atoms with van der Waals surface area (Å²) >= 11 is 3.48. The van der Waals surface area contributed by atoms with Crippen LogP contribution in [0.3, 0.4) is 0 Å². The third-order valence-electron chi connectivity index (χ3n) is 3.72. The van der Waals surface area contributed by atoms with Gasteiger partial charge in [-0.3, -0.25) is 4.99 Å². The van der Waals surface area contributed by atoms with Gasteiger partial charge in [0.25, 0.3) is 0 Å². The Hall–Kier alpha value is -1.48. The Morgan fingerprint density at radius 2 is 1.92 bits per heavy atom. The molecule has 7 heteroatoms. The van der Waals surface area contributed by atoms with Crippen molar-refractivity contribution in [1.29, 1.82) is 0 Å². The van der Waals surface area contributed by atoms with Gasteiger partial charge in [0.2, 0.25) is 6.79 Å². The second-order valence-corrected chi connectivity index (χ2v) is 6.34. The summed E-state index contributed by atoms with van der Waals surface area (Å²) in [7, 11) is 1.77. The zero-order chi connectivity index (χ0) is 16.8. The number of hydrogen-bond acceptors (Lipinski definition) is 3. The molecular formula is C18H21BrIN3O2. The highest BCUT2D eigenvalue weighted by molar-refractivity contribution is 14.0. The van der Waals surface area contributed by atoms with E-state index in [0.717, 1.165) is 41.4 Å². The van der Waals surface area contributed by atoms with Crippen molar-refractivity contribution in [2.75, 3.05) is 20.4 Å². The van der Waals surface area contributed by atoms with E-state index >= 15 is 0 Å². The van der Waals surface area contributed by atoms with E-state index in [-0.39, 0.29) is 24.0 Å². The summed E-state index contributed by atoms with van der Waals surface area (Å²) in [6, 6.07) is 14.3. The van der Waals surface area contributed by atoms with Crippen molar-refractivity contribution in [3.05, 3.63) is 58.1 Å². The first-order valence-electron chi connectivity index (χ1n) is 7.82. The number of nitrogens with one attached hydrogen (secondary N) is 2. The minimum Gasteiger partial charge on any atom is -0.454 e. The molecular weight excluding hydrogens is 497 g/mol. The summed E-state index contributed by atoms with van der Waals surface area (Å²) in [4.78, 5) is 4.25. The van der Waals surface area contributed by atoms with Crippen molar-refractivity contribution in [1.82, 2.24) is 10.6 Å². The monoisotopic (exact) mass is 517 g/mol. The molecule has 134 valence electrons. The van der Waals surface area contributed by atoms with Gasteiger partial charge in [0.15, 0.2) is 17.5 Å². The van der Waals surface area contributed by atoms with Gasteiger partial charge in [-0.05, 0) is 41.8 Å². The maximum absolute atomic E-state index is 5.40. The molecule has 1 aliphatic heterocycles. The maximum atomic E-state index is 5.40. The molecule has 0 spiro atoms. The maximum Gasteiger partial charge on any atom is 0.231 e. The number of benzene rings is 2. The zero-order valence-electron chi connectivity index (χ0n) is 13.9. The highest BCUT2D eigenvalue weighted by Crippen LogP contribution is 2.32. The Balaban J connectivity index is 0.00000225. The normalized spacial score (nSPS) is 12.5. The molecule has 5 nitrogen and oxygen atoms in total. The lowest BCUT2D eigenvalue weighted by molar-refractivity contribution is 0.174. The van der Waals surface area contributed by atoms with Crippen molar-refractivity contribution in [2.24, 2.45) is 4.99 Å². The van der Waals surface area contributed by atoms with Crippen LogP contribution in [0.15, 0.2) is 51.9 Å². The summed E-state index contributed by atoms with van der Waals surface area (Å²) < 4.78 is 11.8. The summed E-state index contributed by atoms with van der Waals surface area (Å²) in [5.41, 5.74) is 2.40. The molecule has 2 aromatic carbocycles. The molecule has 0 radical (unpaired) electrons. The molecule has 1 heterocycles. The van der Waals surface area contributed by atoms with Crippen LogP contribution in [0, 0.1) is 0 Å². The summed E-state index contributed by atoms with van der Waals surface area (Å²) in [6.45, 7) is 1.82. The molecule has 0 bridgehead atoms. The van der Waals surface area contributed by atoms with Crippen LogP contribution < -0.4 is 20.1 Å². The summed E-state index contributed by atoms with van der Waals surface area (Å²) in [6.07, 6.45) is 0.883. The number of fused-ring (bicyclic) bond motifs is 1. The Morgan fingerprint density at radius 3 is 2.72 bits per heavy atom. The fraction of sp³-hybridized carbons (Fsp3) is 0.278. The first-order chi connectivity index (χ1) is 11.7. The Kier molecular flexibility index (Phi) is 7.83. The highest BCUT2D eigenvalue weighted by atomic mass is 127. The molecule has 0 atom stereocenters. The van der Waals surface area contributed by atoms with E-state index in [4.69, 9.17) is 9.47 Å². The van der Waals surface area contributed by atoms with Gasteiger partial charge in [-0.25, -0.2) is 0 Å². The molecule has 2 N–H and O–H groups in total. The van der Waals surface area contributed by atoms with Gasteiger partial charge < -0.3 is 20.1 Å². The van der Waals surface area contributed by atoms with Crippen molar-refractivity contribution >= 4 is 45.9 Å². The number of ether oxygens (including phenoxy) is 2. The average molecular weight is 518 g/mol. The van der Waals surface area contributed by atoms with Crippen LogP contribution in [0.1, 0.15) is 11.1 Å². The molecule has 0 aromatic heterocycles. The Morgan fingerprint density at radius 1 is 1.08 bits per heavy atom. The average Bonchev–Trinajstić information content (AvgIpc) is 3.05. The van der Waals surface area contributed by atoms with Crippen LogP contribution >= 0.6 is 39.9 Å². The van der Waals surface area contributed by atoms with Gasteiger partial charge in [-0.1, -0.05) is 34.1 Å². The van der Waals surface area contributed by atoms with Gasteiger partial charge in [-0.2, -0.15) is 0 Å². The lowest BCUT2D eigenvalue weighted by Gasteiger charge is -2.12. The molecule has 0 unspecified atom stereocenters. The molecule has 0 saturated carbocycles. The second-order valence-electron chi connectivity index (χ2n) is 5.42. The number of nitrogens with zero attached hydrogens (tertiary/aromatic N) is 1. The summed E-state index contributed by atoms with van der Waals surface area (Å²) in [5, 5.41) is 6.64. The van der Waals surface area contributed by atoms with Gasteiger partial charge in [0.05, 0.1) is 0 Å². The predicted octanol–water partition coefficient (Wildman–Crippen LogP) is 3.70. The quantitative estimate of drug-likeness (QED) is 0.361. The number of guanidine groups is 1. The molecule has 0 amide bonds. The van der Waals surface area contributed by atoms with E-state index < -0.39 is 0 Å². The molecule has 0 fully saturated rings. The van der Waals surface area contributed by atoms with Crippen LogP contribution in [0.4, 0.5) is 0 Å². The molecule has 25 heavy (non-hydrogen) atoms. The minimum absolute atomic E-state index is 0. The number of rotatable bonds is 5. The third-order valence-corrected chi connectivity index (χ3v) is 4.21. The largest absolute Gasteiger partial charge is 0.454 e. The molecule has 0 saturated heterocycles. The van der Waals surface area contributed by atoms with Crippen LogP contribution in [-0.2, 0) is 13.0 Å². The smallest absolute Gasteiger partial charge is 0.231 e. The number of hydrogen-bond donors (Lipinski definition) is 2. The fourth-order valence-electron chi connectivity index (χ4n) is 2.48. The van der Waals surface area contributed by atoms with Crippen molar-refractivity contribution in [3.63, 3.8) is 0 Å². The molecule has 1 aliphatic rings. The third kappa shape index (κ3) is 5.78. The van der Waals surface area contributed by atoms with E-state index in [0.29, 0.717) is 6.79 Å². The molecule has 2 aromatic rings. The first-order valence-corrected chi connectivity index (χ1v) is 8.61. The standard InChI is InChI=1S/C18H20BrN3O2.HI/c1-20-18(22-11-14-3-2-4-15(19)9-14)21-8-7-13-5-6-16-17(10-13)24-12-23-16;/h2-6,9-10H,7-8,11-12H2,1H3,(H2,20,21,22);1H. The second kappa shape index (κ2) is 9.86. The number of halogens is 2. The van der Waals surface area contributed by atoms with Gasteiger partial charge in [0, 0.05) is 24.6 Å². The van der Waals surface area contributed by atoms with Crippen LogP contribution in [0.25, 0.3) is 0 Å². The van der Waals surface area contributed by atoms with E-state index in [1.807, 2.05) is 24.3 Å². The lowest BCUT2D eigenvalue weighted by Crippen LogP contribution is -2.37. The number of aliphatic imine (C=N–C) groups is 1. The predicted molar refractivity (Wildman–Crippen MR) is 114 cm³/mol. The topological polar surface area (TPSA) is 54.9 Å². The highest BCUT2D eigenvalue weighted by Gasteiger charge is 2.12. The summed E-state index contributed by atoms with van der Waals surface area (Å²) in [5.74, 6) is 2.43. The lowest BCUT2D eigenvalue weighted by atomic mass is 10.1. The van der Waals surface area contributed by atoms with Crippen molar-refractivity contribution < 1.29 is 9.47 Å². The van der Waals surface area contributed by atoms with Crippen LogP contribution in [0.2, 0.25) is 0 Å². The first kappa shape index (κ1) is 19.8. The van der Waals surface area contributed by atoms with E-state index in [1.54, 1.807) is 7.05 Å². The van der Waals surface area contributed by atoms with Crippen LogP contribution in [-0.4, -0.2) is 26.3 Å². The SMILES string of the molecule is CN=C(NCCc1ccc2c(c1)OCO2)NCc1cccc(Br)c1.I. The fourth-order valence-corrected chi connectivity index (χ4v) is 2.92. The minimum atomic E-state index is 0. The van der Waals surface area contributed by atoms with Crippen molar-refractivity contribution in [2.45, 2.75) is 13.0 Å². The van der Waals surface area contributed by atoms with E-state index in [1.165, 1.54) is 11.1 Å². The van der Waals surface area contributed by atoms with Gasteiger partial charge >= 0.3 is 0 Å². The molecule has 0 aliphatic carbocycles. The van der Waals surface area contributed by atoms with E-state index in [9.17, 15) is 0 Å². The van der Waals surface area contributed by atoms with Gasteiger partial charge in [0.1, 0.15) is 0 Å². The van der Waals surface area contributed by atoms with E-state index in [2.05, 4.69) is 49.8 Å². The van der Waals surface area contributed by atoms with Gasteiger partial charge in [-0.15, -0.1) is 24.0 Å². The Labute approximate surface area is 173 Å². The zero-order valence-corrected chi connectivity index (χ0v) is 17.8. The molecule has 3 rings (SSSR count). The van der Waals surface area contributed by atoms with Crippen LogP contribution in [0.5, 0.6) is 11.5 Å². The Bertz CT molecular complexity index is 740. The van der Waals surface area contributed by atoms with Crippen molar-refractivity contribution in [3.8, 4) is 11.5 Å².